The van der Waals surface area contributed by atoms with Crippen LogP contribution in [0.1, 0.15) is 36.2 Å². The molecule has 2 atom stereocenters. The monoisotopic (exact) mass is 416 g/mol. The molecular formula is C22H25ClN2O4. The number of esters is 1. The lowest BCUT2D eigenvalue weighted by Gasteiger charge is -2.22. The standard InChI is InChI=1S/C22H25ClN2O4/c1-3-15(2)20(25-21(27)17-9-11-18(23)12-10-17)22(28)29-14-19(26)24-13-16-7-5-4-6-8-16/h4-12,15,20H,3,13-14H2,1-2H3,(H,24,26)(H,25,27)/t15-,20-/m0/s1. The van der Waals surface area contributed by atoms with Crippen LogP contribution < -0.4 is 10.6 Å². The molecule has 0 aliphatic carbocycles. The fraction of sp³-hybridized carbons (Fsp3) is 0.318. The lowest BCUT2D eigenvalue weighted by atomic mass is 9.99. The number of halogens is 1. The first-order valence-electron chi connectivity index (χ1n) is 9.44. The number of carbonyl (C=O) groups is 3. The molecule has 0 saturated carbocycles. The van der Waals surface area contributed by atoms with E-state index in [0.717, 1.165) is 5.56 Å². The van der Waals surface area contributed by atoms with E-state index < -0.39 is 30.4 Å². The minimum atomic E-state index is -0.856. The first-order chi connectivity index (χ1) is 13.9. The van der Waals surface area contributed by atoms with E-state index >= 15 is 0 Å². The molecule has 0 bridgehead atoms. The van der Waals surface area contributed by atoms with Gasteiger partial charge < -0.3 is 15.4 Å². The van der Waals surface area contributed by atoms with Gasteiger partial charge >= 0.3 is 5.97 Å². The van der Waals surface area contributed by atoms with Crippen LogP contribution in [0.25, 0.3) is 0 Å². The zero-order chi connectivity index (χ0) is 21.2. The second-order valence-corrected chi connectivity index (χ2v) is 7.15. The molecule has 0 unspecified atom stereocenters. The molecule has 0 aromatic heterocycles. The summed E-state index contributed by atoms with van der Waals surface area (Å²) in [6.07, 6.45) is 0.654. The van der Waals surface area contributed by atoms with Crippen LogP contribution in [0, 0.1) is 5.92 Å². The lowest BCUT2D eigenvalue weighted by molar-refractivity contribution is -0.151. The molecule has 0 fully saturated rings. The van der Waals surface area contributed by atoms with Gasteiger partial charge in [-0.1, -0.05) is 62.2 Å². The maximum atomic E-state index is 12.5. The Morgan fingerprint density at radius 3 is 2.31 bits per heavy atom. The third kappa shape index (κ3) is 7.23. The molecule has 6 nitrogen and oxygen atoms in total. The summed E-state index contributed by atoms with van der Waals surface area (Å²) in [6.45, 7) is 3.68. The highest BCUT2D eigenvalue weighted by Gasteiger charge is 2.28. The fourth-order valence-corrected chi connectivity index (χ4v) is 2.70. The second kappa shape index (κ2) is 11.2. The quantitative estimate of drug-likeness (QED) is 0.614. The molecule has 154 valence electrons. The molecule has 2 aromatic carbocycles. The summed E-state index contributed by atoms with van der Waals surface area (Å²) in [5, 5.41) is 5.90. The van der Waals surface area contributed by atoms with Gasteiger partial charge in [-0.3, -0.25) is 9.59 Å². The van der Waals surface area contributed by atoms with E-state index in [0.29, 0.717) is 23.6 Å². The van der Waals surface area contributed by atoms with Crippen molar-refractivity contribution in [2.45, 2.75) is 32.9 Å². The topological polar surface area (TPSA) is 84.5 Å². The molecule has 0 radical (unpaired) electrons. The predicted molar refractivity (Wildman–Crippen MR) is 111 cm³/mol. The first-order valence-corrected chi connectivity index (χ1v) is 9.82. The Labute approximate surface area is 175 Å². The molecule has 2 rings (SSSR count). The van der Waals surface area contributed by atoms with E-state index in [9.17, 15) is 14.4 Å². The molecule has 2 amide bonds. The van der Waals surface area contributed by atoms with Crippen LogP contribution in [-0.2, 0) is 20.9 Å². The largest absolute Gasteiger partial charge is 0.454 e. The van der Waals surface area contributed by atoms with Crippen molar-refractivity contribution in [3.05, 3.63) is 70.7 Å². The Kier molecular flexibility index (Phi) is 8.68. The van der Waals surface area contributed by atoms with Crippen molar-refractivity contribution >= 4 is 29.4 Å². The van der Waals surface area contributed by atoms with Crippen LogP contribution >= 0.6 is 11.6 Å². The van der Waals surface area contributed by atoms with E-state index in [1.165, 1.54) is 0 Å². The van der Waals surface area contributed by atoms with E-state index in [2.05, 4.69) is 10.6 Å². The zero-order valence-electron chi connectivity index (χ0n) is 16.5. The SMILES string of the molecule is CC[C@H](C)[C@H](NC(=O)c1ccc(Cl)cc1)C(=O)OCC(=O)NCc1ccccc1. The normalized spacial score (nSPS) is 12.5. The highest BCUT2D eigenvalue weighted by atomic mass is 35.5. The number of benzene rings is 2. The van der Waals surface area contributed by atoms with E-state index in [4.69, 9.17) is 16.3 Å². The smallest absolute Gasteiger partial charge is 0.329 e. The Hall–Kier alpha value is -2.86. The molecule has 29 heavy (non-hydrogen) atoms. The number of hydrogen-bond donors (Lipinski definition) is 2. The van der Waals surface area contributed by atoms with Crippen LogP contribution in [0.5, 0.6) is 0 Å². The number of rotatable bonds is 9. The minimum Gasteiger partial charge on any atom is -0.454 e. The molecule has 2 aromatic rings. The second-order valence-electron chi connectivity index (χ2n) is 6.71. The van der Waals surface area contributed by atoms with Crippen molar-refractivity contribution in [1.82, 2.24) is 10.6 Å². The minimum absolute atomic E-state index is 0.161. The van der Waals surface area contributed by atoms with Crippen molar-refractivity contribution in [3.63, 3.8) is 0 Å². The van der Waals surface area contributed by atoms with Crippen molar-refractivity contribution in [3.8, 4) is 0 Å². The fourth-order valence-electron chi connectivity index (χ4n) is 2.57. The Morgan fingerprint density at radius 1 is 1.03 bits per heavy atom. The van der Waals surface area contributed by atoms with Crippen molar-refractivity contribution in [1.29, 1.82) is 0 Å². The molecular weight excluding hydrogens is 392 g/mol. The van der Waals surface area contributed by atoms with Gasteiger partial charge in [0.2, 0.25) is 0 Å². The van der Waals surface area contributed by atoms with Crippen LogP contribution in [0.15, 0.2) is 54.6 Å². The van der Waals surface area contributed by atoms with E-state index in [1.807, 2.05) is 44.2 Å². The number of carbonyl (C=O) groups excluding carboxylic acids is 3. The van der Waals surface area contributed by atoms with Crippen LogP contribution in [0.2, 0.25) is 5.02 Å². The van der Waals surface area contributed by atoms with Crippen molar-refractivity contribution < 1.29 is 19.1 Å². The number of nitrogens with one attached hydrogen (secondary N) is 2. The van der Waals surface area contributed by atoms with Gasteiger partial charge in [-0.25, -0.2) is 4.79 Å². The zero-order valence-corrected chi connectivity index (χ0v) is 17.2. The molecule has 0 aliphatic heterocycles. The van der Waals surface area contributed by atoms with Gasteiger partial charge in [0.05, 0.1) is 0 Å². The Balaban J connectivity index is 1.89. The average Bonchev–Trinajstić information content (AvgIpc) is 2.74. The number of hydrogen-bond acceptors (Lipinski definition) is 4. The highest BCUT2D eigenvalue weighted by Crippen LogP contribution is 2.13. The molecule has 0 aliphatic rings. The van der Waals surface area contributed by atoms with Gasteiger partial charge in [-0.15, -0.1) is 0 Å². The summed E-state index contributed by atoms with van der Waals surface area (Å²) >= 11 is 5.84. The lowest BCUT2D eigenvalue weighted by Crippen LogP contribution is -2.46. The predicted octanol–water partition coefficient (Wildman–Crippen LogP) is 3.34. The highest BCUT2D eigenvalue weighted by molar-refractivity contribution is 6.30. The average molecular weight is 417 g/mol. The first kappa shape index (κ1) is 22.4. The number of ether oxygens (including phenoxy) is 1. The van der Waals surface area contributed by atoms with Gasteiger partial charge in [0.25, 0.3) is 11.8 Å². The summed E-state index contributed by atoms with van der Waals surface area (Å²) in [5.74, 6) is -1.62. The summed E-state index contributed by atoms with van der Waals surface area (Å²) in [6, 6.07) is 14.9. The van der Waals surface area contributed by atoms with Gasteiger partial charge in [0, 0.05) is 17.1 Å². The van der Waals surface area contributed by atoms with Crippen LogP contribution in [-0.4, -0.2) is 30.4 Å². The summed E-state index contributed by atoms with van der Waals surface area (Å²) in [5.41, 5.74) is 1.33. The summed E-state index contributed by atoms with van der Waals surface area (Å²) in [7, 11) is 0. The number of amides is 2. The van der Waals surface area contributed by atoms with Gasteiger partial charge in [0.1, 0.15) is 6.04 Å². The molecule has 0 spiro atoms. The van der Waals surface area contributed by atoms with Crippen molar-refractivity contribution in [2.75, 3.05) is 6.61 Å². The molecule has 0 saturated heterocycles. The maximum absolute atomic E-state index is 12.5. The maximum Gasteiger partial charge on any atom is 0.329 e. The molecule has 0 heterocycles. The van der Waals surface area contributed by atoms with Gasteiger partial charge in [0.15, 0.2) is 6.61 Å². The third-order valence-electron chi connectivity index (χ3n) is 4.54. The van der Waals surface area contributed by atoms with E-state index in [-0.39, 0.29) is 5.92 Å². The third-order valence-corrected chi connectivity index (χ3v) is 4.79. The van der Waals surface area contributed by atoms with Gasteiger partial charge in [-0.05, 0) is 35.7 Å². The molecule has 7 heteroatoms. The van der Waals surface area contributed by atoms with Gasteiger partial charge in [-0.2, -0.15) is 0 Å². The van der Waals surface area contributed by atoms with E-state index in [1.54, 1.807) is 24.3 Å². The Morgan fingerprint density at radius 2 is 1.69 bits per heavy atom. The summed E-state index contributed by atoms with van der Waals surface area (Å²) in [4.78, 5) is 36.9. The molecule has 2 N–H and O–H groups in total. The van der Waals surface area contributed by atoms with Crippen LogP contribution in [0.4, 0.5) is 0 Å². The van der Waals surface area contributed by atoms with Crippen LogP contribution in [0.3, 0.4) is 0 Å². The Bertz CT molecular complexity index is 824. The van der Waals surface area contributed by atoms with Crippen molar-refractivity contribution in [2.24, 2.45) is 5.92 Å². The summed E-state index contributed by atoms with van der Waals surface area (Å²) < 4.78 is 5.15.